The van der Waals surface area contributed by atoms with Gasteiger partial charge in [-0.15, -0.1) is 0 Å². The van der Waals surface area contributed by atoms with E-state index in [-0.39, 0.29) is 17.8 Å². The van der Waals surface area contributed by atoms with Gasteiger partial charge in [-0.25, -0.2) is 0 Å². The van der Waals surface area contributed by atoms with Gasteiger partial charge < -0.3 is 10.1 Å². The van der Waals surface area contributed by atoms with E-state index in [0.29, 0.717) is 35.2 Å². The van der Waals surface area contributed by atoms with Crippen LogP contribution in [0.1, 0.15) is 40.7 Å². The Bertz CT molecular complexity index is 1020. The van der Waals surface area contributed by atoms with Crippen LogP contribution < -0.4 is 5.32 Å². The van der Waals surface area contributed by atoms with Gasteiger partial charge in [0.1, 0.15) is 0 Å². The molecule has 1 heterocycles. The highest BCUT2D eigenvalue weighted by atomic mass is 35.5. The number of hydrogen-bond donors (Lipinski definition) is 1. The number of carbonyl (C=O) groups is 2. The molecular formula is C25H25Cl2NO3. The predicted octanol–water partition coefficient (Wildman–Crippen LogP) is 5.41. The van der Waals surface area contributed by atoms with Crippen molar-refractivity contribution in [2.24, 2.45) is 11.3 Å². The maximum atomic E-state index is 12.4. The van der Waals surface area contributed by atoms with Gasteiger partial charge in [0.2, 0.25) is 0 Å². The number of allylic oxidation sites excluding steroid dienone is 1. The molecule has 0 spiro atoms. The summed E-state index contributed by atoms with van der Waals surface area (Å²) in [4.78, 5) is 24.8. The summed E-state index contributed by atoms with van der Waals surface area (Å²) in [6.45, 7) is 5.09. The van der Waals surface area contributed by atoms with Crippen LogP contribution in [0.25, 0.3) is 0 Å². The first-order chi connectivity index (χ1) is 14.9. The van der Waals surface area contributed by atoms with E-state index in [2.05, 4.69) is 11.9 Å². The van der Waals surface area contributed by atoms with E-state index >= 15 is 0 Å². The van der Waals surface area contributed by atoms with Gasteiger partial charge in [0.25, 0.3) is 5.91 Å². The Morgan fingerprint density at radius 2 is 1.94 bits per heavy atom. The fourth-order valence-corrected chi connectivity index (χ4v) is 5.21. The van der Waals surface area contributed by atoms with Crippen LogP contribution in [0.4, 0.5) is 0 Å². The summed E-state index contributed by atoms with van der Waals surface area (Å²) < 4.78 is 5.35. The van der Waals surface area contributed by atoms with Gasteiger partial charge in [-0.2, -0.15) is 0 Å². The molecule has 31 heavy (non-hydrogen) atoms. The molecule has 1 amide bonds. The lowest BCUT2D eigenvalue weighted by Crippen LogP contribution is -2.29. The maximum Gasteiger partial charge on any atom is 0.312 e. The van der Waals surface area contributed by atoms with Crippen molar-refractivity contribution in [2.45, 2.75) is 32.1 Å². The van der Waals surface area contributed by atoms with E-state index in [1.54, 1.807) is 12.1 Å². The highest BCUT2D eigenvalue weighted by molar-refractivity contribution is 6.35. The largest absolute Gasteiger partial charge is 0.465 e. The van der Waals surface area contributed by atoms with E-state index in [0.717, 1.165) is 42.4 Å². The molecule has 4 nitrogen and oxygen atoms in total. The summed E-state index contributed by atoms with van der Waals surface area (Å²) in [5.74, 6) is 0.0568. The molecule has 0 aromatic heterocycles. The number of aryl methyl sites for hydroxylation is 1. The summed E-state index contributed by atoms with van der Waals surface area (Å²) in [7, 11) is 0. The van der Waals surface area contributed by atoms with Crippen molar-refractivity contribution in [3.05, 3.63) is 81.4 Å². The third-order valence-corrected chi connectivity index (χ3v) is 7.06. The van der Waals surface area contributed by atoms with Crippen LogP contribution >= 0.6 is 23.2 Å². The number of amides is 1. The third kappa shape index (κ3) is 4.65. The Morgan fingerprint density at radius 3 is 2.68 bits per heavy atom. The second-order valence-corrected chi connectivity index (χ2v) is 9.36. The van der Waals surface area contributed by atoms with Crippen LogP contribution in [0.3, 0.4) is 0 Å². The van der Waals surface area contributed by atoms with E-state index < -0.39 is 5.41 Å². The minimum absolute atomic E-state index is 0.0760. The fourth-order valence-electron chi connectivity index (χ4n) is 4.71. The first kappa shape index (κ1) is 21.9. The van der Waals surface area contributed by atoms with Gasteiger partial charge in [0.05, 0.1) is 12.0 Å². The summed E-state index contributed by atoms with van der Waals surface area (Å²) in [5, 5.41) is 4.12. The minimum Gasteiger partial charge on any atom is -0.465 e. The zero-order chi connectivity index (χ0) is 22.0. The highest BCUT2D eigenvalue weighted by Crippen LogP contribution is 2.53. The van der Waals surface area contributed by atoms with E-state index in [1.807, 2.05) is 30.3 Å². The standard InChI is InChI=1S/C25H25Cl2NO3/c1-16-12-20-15-31-24(30)25(20,14-16)10-8-17-2-4-19(5-3-17)23(29)28-11-9-18-6-7-21(26)13-22(18)27/h2-7,13,20H,1,8-12,14-15H2,(H,28,29)/t20-,25-/m1/s1. The molecule has 1 N–H and O–H groups in total. The van der Waals surface area contributed by atoms with E-state index in [9.17, 15) is 9.59 Å². The zero-order valence-electron chi connectivity index (χ0n) is 17.3. The van der Waals surface area contributed by atoms with Crippen LogP contribution in [0.5, 0.6) is 0 Å². The highest BCUT2D eigenvalue weighted by Gasteiger charge is 2.55. The molecule has 162 valence electrons. The number of cyclic esters (lactones) is 1. The van der Waals surface area contributed by atoms with E-state index in [1.165, 1.54) is 0 Å². The molecule has 1 saturated heterocycles. The third-order valence-electron chi connectivity index (χ3n) is 6.48. The Balaban J connectivity index is 1.30. The average Bonchev–Trinajstić information content (AvgIpc) is 3.23. The number of fused-ring (bicyclic) bond motifs is 1. The Labute approximate surface area is 192 Å². The van der Waals surface area contributed by atoms with Gasteiger partial charge in [-0.1, -0.05) is 53.6 Å². The Kier molecular flexibility index (Phi) is 6.40. The second-order valence-electron chi connectivity index (χ2n) is 8.52. The van der Waals surface area contributed by atoms with Crippen molar-refractivity contribution in [2.75, 3.05) is 13.2 Å². The number of rotatable bonds is 7. The summed E-state index contributed by atoms with van der Waals surface area (Å²) in [6, 6.07) is 12.9. The zero-order valence-corrected chi connectivity index (χ0v) is 18.8. The summed E-state index contributed by atoms with van der Waals surface area (Å²) in [5.41, 5.74) is 3.40. The fraction of sp³-hybridized carbons (Fsp3) is 0.360. The van der Waals surface area contributed by atoms with Crippen LogP contribution in [0.2, 0.25) is 10.0 Å². The molecule has 6 heteroatoms. The molecule has 2 aromatic rings. The van der Waals surface area contributed by atoms with E-state index in [4.69, 9.17) is 27.9 Å². The van der Waals surface area contributed by atoms with Crippen molar-refractivity contribution < 1.29 is 14.3 Å². The number of benzene rings is 2. The monoisotopic (exact) mass is 457 g/mol. The summed E-state index contributed by atoms with van der Waals surface area (Å²) >= 11 is 12.1. The van der Waals surface area contributed by atoms with Crippen molar-refractivity contribution in [1.82, 2.24) is 5.32 Å². The van der Waals surface area contributed by atoms with Crippen LogP contribution in [0, 0.1) is 11.3 Å². The van der Waals surface area contributed by atoms with Gasteiger partial charge in [-0.05, 0) is 67.5 Å². The molecule has 1 aliphatic heterocycles. The normalized spacial score (nSPS) is 22.3. The molecule has 1 saturated carbocycles. The molecule has 4 rings (SSSR count). The van der Waals surface area contributed by atoms with Crippen molar-refractivity contribution in [1.29, 1.82) is 0 Å². The quantitative estimate of drug-likeness (QED) is 0.446. The Morgan fingerprint density at radius 1 is 1.16 bits per heavy atom. The van der Waals surface area contributed by atoms with Crippen LogP contribution in [-0.4, -0.2) is 25.0 Å². The lowest BCUT2D eigenvalue weighted by atomic mass is 9.75. The molecular weight excluding hydrogens is 433 g/mol. The molecule has 0 unspecified atom stereocenters. The predicted molar refractivity (Wildman–Crippen MR) is 123 cm³/mol. The average molecular weight is 458 g/mol. The molecule has 2 aromatic carbocycles. The molecule has 2 aliphatic rings. The van der Waals surface area contributed by atoms with Crippen molar-refractivity contribution in [3.8, 4) is 0 Å². The topological polar surface area (TPSA) is 55.4 Å². The molecule has 2 atom stereocenters. The van der Waals surface area contributed by atoms with Crippen LogP contribution in [-0.2, 0) is 22.4 Å². The minimum atomic E-state index is -0.407. The first-order valence-corrected chi connectivity index (χ1v) is 11.3. The number of carbonyl (C=O) groups excluding carboxylic acids is 2. The number of ether oxygens (including phenoxy) is 1. The first-order valence-electron chi connectivity index (χ1n) is 10.5. The van der Waals surface area contributed by atoms with Gasteiger partial charge in [-0.3, -0.25) is 9.59 Å². The molecule has 1 aliphatic carbocycles. The van der Waals surface area contributed by atoms with Gasteiger partial charge in [0, 0.05) is 28.1 Å². The molecule has 2 fully saturated rings. The smallest absolute Gasteiger partial charge is 0.312 e. The molecule has 0 radical (unpaired) electrons. The lowest BCUT2D eigenvalue weighted by Gasteiger charge is -2.23. The number of hydrogen-bond acceptors (Lipinski definition) is 3. The summed E-state index contributed by atoms with van der Waals surface area (Å²) in [6.07, 6.45) is 3.77. The Hall–Kier alpha value is -2.30. The molecule has 0 bridgehead atoms. The SMILES string of the molecule is C=C1C[C@@H]2COC(=O)[C@]2(CCc2ccc(C(=O)NCCc3ccc(Cl)cc3Cl)cc2)C1. The van der Waals surface area contributed by atoms with Gasteiger partial charge in [0.15, 0.2) is 0 Å². The van der Waals surface area contributed by atoms with Gasteiger partial charge >= 0.3 is 5.97 Å². The number of halogens is 2. The lowest BCUT2D eigenvalue weighted by molar-refractivity contribution is -0.146. The van der Waals surface area contributed by atoms with Crippen LogP contribution in [0.15, 0.2) is 54.6 Å². The maximum absolute atomic E-state index is 12.4. The second kappa shape index (κ2) is 9.05. The van der Waals surface area contributed by atoms with Crippen molar-refractivity contribution in [3.63, 3.8) is 0 Å². The number of esters is 1. The number of nitrogens with one attached hydrogen (secondary N) is 1. The van der Waals surface area contributed by atoms with Crippen molar-refractivity contribution >= 4 is 35.1 Å².